The molecule has 0 bridgehead atoms. The molecular formula is C29H38O4S. The Morgan fingerprint density at radius 2 is 1.82 bits per heavy atom. The predicted molar refractivity (Wildman–Crippen MR) is 134 cm³/mol. The van der Waals surface area contributed by atoms with Gasteiger partial charge in [-0.1, -0.05) is 56.2 Å². The molecule has 0 saturated heterocycles. The highest BCUT2D eigenvalue weighted by Gasteiger charge is 2.58. The largest absolute Gasteiger partial charge is 0.296 e. The van der Waals surface area contributed by atoms with E-state index in [2.05, 4.69) is 32.9 Å². The molecule has 0 unspecified atom stereocenters. The van der Waals surface area contributed by atoms with Crippen LogP contribution in [-0.2, 0) is 19.1 Å². The van der Waals surface area contributed by atoms with Gasteiger partial charge < -0.3 is 0 Å². The van der Waals surface area contributed by atoms with Crippen molar-refractivity contribution < 1.29 is 17.4 Å². The first-order valence-corrected chi connectivity index (χ1v) is 14.3. The quantitative estimate of drug-likeness (QED) is 0.367. The molecule has 0 aromatic heterocycles. The Bertz CT molecular complexity index is 1130. The second-order valence-electron chi connectivity index (χ2n) is 11.9. The lowest BCUT2D eigenvalue weighted by atomic mass is 9.48. The summed E-state index contributed by atoms with van der Waals surface area (Å²) in [4.78, 5) is 12.3. The van der Waals surface area contributed by atoms with Gasteiger partial charge in [0.05, 0.1) is 11.5 Å². The molecule has 0 radical (unpaired) electrons. The maximum absolute atomic E-state index is 12.7. The minimum Gasteiger partial charge on any atom is -0.295 e. The maximum Gasteiger partial charge on any atom is 0.296 e. The van der Waals surface area contributed by atoms with Crippen molar-refractivity contribution in [2.45, 2.75) is 71.1 Å². The molecular weight excluding hydrogens is 444 g/mol. The van der Waals surface area contributed by atoms with Crippen LogP contribution < -0.4 is 0 Å². The summed E-state index contributed by atoms with van der Waals surface area (Å²) in [6.45, 7) is 9.16. The molecule has 2 saturated carbocycles. The van der Waals surface area contributed by atoms with Crippen molar-refractivity contribution in [3.63, 3.8) is 0 Å². The van der Waals surface area contributed by atoms with Gasteiger partial charge in [-0.15, -0.1) is 0 Å². The highest BCUT2D eigenvalue weighted by molar-refractivity contribution is 7.86. The molecule has 1 aromatic rings. The normalized spacial score (nSPS) is 38.0. The monoisotopic (exact) mass is 482 g/mol. The van der Waals surface area contributed by atoms with Crippen molar-refractivity contribution in [3.05, 3.63) is 53.6 Å². The van der Waals surface area contributed by atoms with Crippen molar-refractivity contribution >= 4 is 15.9 Å². The molecule has 4 aliphatic rings. The minimum absolute atomic E-state index is 0.0209. The van der Waals surface area contributed by atoms with Crippen LogP contribution in [0.1, 0.15) is 64.9 Å². The average Bonchev–Trinajstić information content (AvgIpc) is 3.15. The van der Waals surface area contributed by atoms with Gasteiger partial charge in [0.25, 0.3) is 10.1 Å². The molecule has 0 amide bonds. The predicted octanol–water partition coefficient (Wildman–Crippen LogP) is 6.26. The van der Waals surface area contributed by atoms with E-state index in [0.717, 1.165) is 18.4 Å². The van der Waals surface area contributed by atoms with Gasteiger partial charge in [-0.3, -0.25) is 8.98 Å². The molecule has 2 fully saturated rings. The van der Waals surface area contributed by atoms with E-state index in [9.17, 15) is 13.2 Å². The molecule has 34 heavy (non-hydrogen) atoms. The lowest BCUT2D eigenvalue weighted by Crippen LogP contribution is -2.49. The SMILES string of the molecule is Cc1ccc(S(=O)(=O)OC[C@@H](C)[C@H]2CC[C@H]3[C@@H]4CC=C5CC(=O)C=C[C@]5(C)[C@H]4CC[C@]23C)cc1. The molecule has 5 rings (SSSR count). The van der Waals surface area contributed by atoms with Crippen LogP contribution in [0, 0.1) is 47.3 Å². The number of carbonyl (C=O) groups is 1. The first kappa shape index (κ1) is 24.0. The van der Waals surface area contributed by atoms with E-state index in [4.69, 9.17) is 4.18 Å². The Labute approximate surface area is 205 Å². The van der Waals surface area contributed by atoms with Gasteiger partial charge in [-0.2, -0.15) is 8.42 Å². The van der Waals surface area contributed by atoms with Crippen LogP contribution in [0.4, 0.5) is 0 Å². The molecule has 184 valence electrons. The number of hydrogen-bond acceptors (Lipinski definition) is 4. The van der Waals surface area contributed by atoms with E-state index in [1.54, 1.807) is 12.1 Å². The number of allylic oxidation sites excluding steroid dienone is 4. The van der Waals surface area contributed by atoms with Crippen LogP contribution in [0.5, 0.6) is 0 Å². The zero-order valence-electron chi connectivity index (χ0n) is 20.9. The third-order valence-electron chi connectivity index (χ3n) is 10.1. The Kier molecular flexibility index (Phi) is 5.96. The minimum atomic E-state index is -3.74. The van der Waals surface area contributed by atoms with Gasteiger partial charge in [0.2, 0.25) is 0 Å². The van der Waals surface area contributed by atoms with E-state index in [1.165, 1.54) is 24.8 Å². The molecule has 1 aromatic carbocycles. The number of fused-ring (bicyclic) bond motifs is 5. The van der Waals surface area contributed by atoms with Gasteiger partial charge in [-0.05, 0) is 92.2 Å². The van der Waals surface area contributed by atoms with Crippen LogP contribution in [0.25, 0.3) is 0 Å². The van der Waals surface area contributed by atoms with E-state index in [-0.39, 0.29) is 34.0 Å². The Hall–Kier alpha value is -1.72. The third-order valence-corrected chi connectivity index (χ3v) is 11.4. The fraction of sp³-hybridized carbons (Fsp3) is 0.621. The molecule has 7 atom stereocenters. The molecule has 4 aliphatic carbocycles. The van der Waals surface area contributed by atoms with Crippen LogP contribution in [0.15, 0.2) is 53.0 Å². The highest BCUT2D eigenvalue weighted by Crippen LogP contribution is 2.66. The van der Waals surface area contributed by atoms with Crippen molar-refractivity contribution in [2.75, 3.05) is 6.61 Å². The smallest absolute Gasteiger partial charge is 0.295 e. The molecule has 4 nitrogen and oxygen atoms in total. The van der Waals surface area contributed by atoms with E-state index in [0.29, 0.717) is 30.1 Å². The summed E-state index contributed by atoms with van der Waals surface area (Å²) in [5.41, 5.74) is 2.60. The highest BCUT2D eigenvalue weighted by atomic mass is 32.2. The number of hydrogen-bond donors (Lipinski definition) is 0. The van der Waals surface area contributed by atoms with Gasteiger partial charge in [0, 0.05) is 11.8 Å². The summed E-state index contributed by atoms with van der Waals surface area (Å²) in [5.74, 6) is 2.77. The second kappa shape index (κ2) is 8.44. The zero-order chi connectivity index (χ0) is 24.3. The maximum atomic E-state index is 12.7. The Balaban J connectivity index is 1.30. The van der Waals surface area contributed by atoms with E-state index >= 15 is 0 Å². The number of aryl methyl sites for hydroxylation is 1. The zero-order valence-corrected chi connectivity index (χ0v) is 21.7. The summed E-state index contributed by atoms with van der Waals surface area (Å²) in [5, 5.41) is 0. The summed E-state index contributed by atoms with van der Waals surface area (Å²) < 4.78 is 31.1. The summed E-state index contributed by atoms with van der Waals surface area (Å²) in [7, 11) is -3.74. The molecule has 0 N–H and O–H groups in total. The fourth-order valence-electron chi connectivity index (χ4n) is 8.16. The molecule has 5 heteroatoms. The first-order valence-electron chi connectivity index (χ1n) is 12.9. The number of benzene rings is 1. The van der Waals surface area contributed by atoms with Crippen molar-refractivity contribution in [2.24, 2.45) is 40.4 Å². The van der Waals surface area contributed by atoms with Gasteiger partial charge >= 0.3 is 0 Å². The van der Waals surface area contributed by atoms with Gasteiger partial charge in [0.1, 0.15) is 0 Å². The van der Waals surface area contributed by atoms with Crippen molar-refractivity contribution in [3.8, 4) is 0 Å². The van der Waals surface area contributed by atoms with Gasteiger partial charge in [0.15, 0.2) is 5.78 Å². The number of carbonyl (C=O) groups excluding carboxylic acids is 1. The lowest BCUT2D eigenvalue weighted by Gasteiger charge is -2.56. The van der Waals surface area contributed by atoms with E-state index in [1.807, 2.05) is 25.1 Å². The molecule has 0 spiro atoms. The molecule has 0 heterocycles. The number of rotatable bonds is 5. The van der Waals surface area contributed by atoms with Crippen LogP contribution in [-0.4, -0.2) is 20.8 Å². The standard InChI is InChI=1S/C29H38O4S/c1-19-5-8-23(9-6-19)34(31,32)33-18-20(2)25-11-12-26-24-10-7-21-17-22(30)13-15-28(21,3)27(24)14-16-29(25,26)4/h5-9,13,15,20,24-27H,10-12,14,16-18H2,1-4H3/t20-,24+,25-,26+,27+,28+,29-/m1/s1. The van der Waals surface area contributed by atoms with Crippen LogP contribution >= 0.6 is 0 Å². The Morgan fingerprint density at radius 3 is 2.56 bits per heavy atom. The van der Waals surface area contributed by atoms with Crippen LogP contribution in [0.3, 0.4) is 0 Å². The first-order chi connectivity index (χ1) is 16.0. The summed E-state index contributed by atoms with van der Waals surface area (Å²) >= 11 is 0. The summed E-state index contributed by atoms with van der Waals surface area (Å²) in [6, 6.07) is 6.87. The Morgan fingerprint density at radius 1 is 1.09 bits per heavy atom. The van der Waals surface area contributed by atoms with E-state index < -0.39 is 10.1 Å². The van der Waals surface area contributed by atoms with Gasteiger partial charge in [-0.25, -0.2) is 0 Å². The lowest BCUT2D eigenvalue weighted by molar-refractivity contribution is -0.115. The van der Waals surface area contributed by atoms with Crippen molar-refractivity contribution in [1.29, 1.82) is 0 Å². The number of ketones is 1. The third kappa shape index (κ3) is 3.83. The van der Waals surface area contributed by atoms with Crippen molar-refractivity contribution in [1.82, 2.24) is 0 Å². The molecule has 0 aliphatic heterocycles. The van der Waals surface area contributed by atoms with Crippen LogP contribution in [0.2, 0.25) is 0 Å². The summed E-state index contributed by atoms with van der Waals surface area (Å²) in [6.07, 6.45) is 12.8. The second-order valence-corrected chi connectivity index (χ2v) is 13.5. The average molecular weight is 483 g/mol. The topological polar surface area (TPSA) is 60.4 Å². The fourth-order valence-corrected chi connectivity index (χ4v) is 9.16.